The molecule has 2 fully saturated rings. The van der Waals surface area contributed by atoms with Gasteiger partial charge in [-0.1, -0.05) is 23.7 Å². The normalized spacial score (nSPS) is 27.9. The van der Waals surface area contributed by atoms with Gasteiger partial charge in [0.25, 0.3) is 5.92 Å². The van der Waals surface area contributed by atoms with Crippen molar-refractivity contribution in [3.8, 4) is 0 Å². The molecule has 2 aliphatic rings. The lowest BCUT2D eigenvalue weighted by atomic mass is 9.99. The van der Waals surface area contributed by atoms with Crippen molar-refractivity contribution in [2.24, 2.45) is 0 Å². The van der Waals surface area contributed by atoms with E-state index in [9.17, 15) is 18.4 Å². The monoisotopic (exact) mass is 393 g/mol. The van der Waals surface area contributed by atoms with Crippen molar-refractivity contribution >= 4 is 35.8 Å². The molecule has 2 heterocycles. The van der Waals surface area contributed by atoms with Gasteiger partial charge in [-0.25, -0.2) is 8.78 Å². The number of hydrogen-bond acceptors (Lipinski definition) is 3. The number of nitrogens with one attached hydrogen (secondary N) is 2. The van der Waals surface area contributed by atoms with E-state index in [2.05, 4.69) is 10.6 Å². The van der Waals surface area contributed by atoms with Gasteiger partial charge in [0, 0.05) is 24.9 Å². The molecule has 5 nitrogen and oxygen atoms in total. The number of carbonyl (C=O) groups excluding carboxylic acids is 2. The van der Waals surface area contributed by atoms with Crippen molar-refractivity contribution in [2.45, 2.75) is 36.9 Å². The maximum atomic E-state index is 13.3. The second kappa shape index (κ2) is 7.43. The van der Waals surface area contributed by atoms with Crippen LogP contribution in [0.25, 0.3) is 0 Å². The number of likely N-dealkylation sites (N-methyl/N-ethyl adjacent to an activating group) is 1. The number of likely N-dealkylation sites (tertiary alicyclic amines) is 1. The Labute approximate surface area is 155 Å². The van der Waals surface area contributed by atoms with Crippen LogP contribution in [-0.4, -0.2) is 48.3 Å². The minimum Gasteiger partial charge on any atom is -0.349 e. The van der Waals surface area contributed by atoms with Crippen LogP contribution >= 0.6 is 24.0 Å². The van der Waals surface area contributed by atoms with Crippen LogP contribution in [0.5, 0.6) is 0 Å². The predicted molar refractivity (Wildman–Crippen MR) is 92.1 cm³/mol. The highest BCUT2D eigenvalue weighted by Gasteiger charge is 2.45. The van der Waals surface area contributed by atoms with E-state index in [-0.39, 0.29) is 30.8 Å². The predicted octanol–water partition coefficient (Wildman–Crippen LogP) is 2.15. The van der Waals surface area contributed by atoms with E-state index in [0.29, 0.717) is 5.02 Å². The summed E-state index contributed by atoms with van der Waals surface area (Å²) in [6.45, 7) is -0.505. The zero-order valence-electron chi connectivity index (χ0n) is 13.5. The minimum absolute atomic E-state index is 0. The van der Waals surface area contributed by atoms with E-state index in [1.54, 1.807) is 36.2 Å². The molecule has 0 aliphatic carbocycles. The number of halogens is 4. The number of rotatable bonds is 3. The van der Waals surface area contributed by atoms with Gasteiger partial charge in [-0.3, -0.25) is 14.9 Å². The second-order valence-electron chi connectivity index (χ2n) is 6.31. The summed E-state index contributed by atoms with van der Waals surface area (Å²) in [7, 11) is 1.66. The Kier molecular flexibility index (Phi) is 5.91. The fourth-order valence-corrected chi connectivity index (χ4v) is 3.42. The van der Waals surface area contributed by atoms with Crippen LogP contribution < -0.4 is 10.6 Å². The van der Waals surface area contributed by atoms with Crippen molar-refractivity contribution < 1.29 is 18.4 Å². The molecule has 2 N–H and O–H groups in total. The average molecular weight is 394 g/mol. The van der Waals surface area contributed by atoms with Gasteiger partial charge in [-0.05, 0) is 17.7 Å². The molecule has 3 atom stereocenters. The van der Waals surface area contributed by atoms with Crippen LogP contribution in [0, 0.1) is 0 Å². The summed E-state index contributed by atoms with van der Waals surface area (Å²) in [5.74, 6) is -3.48. The third-order valence-corrected chi connectivity index (χ3v) is 4.80. The molecule has 2 aliphatic heterocycles. The van der Waals surface area contributed by atoms with Crippen molar-refractivity contribution in [3.05, 3.63) is 34.9 Å². The molecule has 0 radical (unpaired) electrons. The Balaban J connectivity index is 0.00000225. The van der Waals surface area contributed by atoms with Crippen LogP contribution in [0.2, 0.25) is 5.02 Å². The van der Waals surface area contributed by atoms with E-state index in [1.807, 2.05) is 0 Å². The van der Waals surface area contributed by atoms with Crippen molar-refractivity contribution in [1.82, 2.24) is 15.5 Å². The Morgan fingerprint density at radius 2 is 2.00 bits per heavy atom. The third-order valence-electron chi connectivity index (χ3n) is 4.55. The first-order valence-electron chi connectivity index (χ1n) is 7.69. The standard InChI is InChI=1S/C16H18ClF2N3O2.ClH/c1-22-13(23)6-11(14(22)9-2-4-10(17)5-3-9)21-15(24)12-7-16(18,19)8-20-12;/h2-5,11-12,14,20H,6-8H2,1H3,(H,21,24);1H. The summed E-state index contributed by atoms with van der Waals surface area (Å²) in [5, 5.41) is 5.85. The van der Waals surface area contributed by atoms with Crippen LogP contribution in [0.3, 0.4) is 0 Å². The largest absolute Gasteiger partial charge is 0.349 e. The van der Waals surface area contributed by atoms with Gasteiger partial charge in [-0.2, -0.15) is 0 Å². The molecule has 2 saturated heterocycles. The smallest absolute Gasteiger partial charge is 0.262 e. The summed E-state index contributed by atoms with van der Waals surface area (Å²) >= 11 is 5.89. The lowest BCUT2D eigenvalue weighted by molar-refractivity contribution is -0.127. The zero-order valence-corrected chi connectivity index (χ0v) is 15.0. The number of carbonyl (C=O) groups is 2. The van der Waals surface area contributed by atoms with E-state index in [1.165, 1.54) is 0 Å². The van der Waals surface area contributed by atoms with Gasteiger partial charge in [-0.15, -0.1) is 12.4 Å². The summed E-state index contributed by atoms with van der Waals surface area (Å²) in [6, 6.07) is 5.27. The van der Waals surface area contributed by atoms with E-state index in [4.69, 9.17) is 11.6 Å². The van der Waals surface area contributed by atoms with Crippen molar-refractivity contribution in [1.29, 1.82) is 0 Å². The van der Waals surface area contributed by atoms with E-state index >= 15 is 0 Å². The Morgan fingerprint density at radius 3 is 2.56 bits per heavy atom. The van der Waals surface area contributed by atoms with Crippen LogP contribution in [0.4, 0.5) is 8.78 Å². The molecule has 3 unspecified atom stereocenters. The summed E-state index contributed by atoms with van der Waals surface area (Å²) in [4.78, 5) is 25.9. The molecule has 0 saturated carbocycles. The van der Waals surface area contributed by atoms with E-state index in [0.717, 1.165) is 5.56 Å². The highest BCUT2D eigenvalue weighted by molar-refractivity contribution is 6.30. The zero-order chi connectivity index (χ0) is 17.5. The fraction of sp³-hybridized carbons (Fsp3) is 0.500. The molecule has 0 bridgehead atoms. The first-order valence-corrected chi connectivity index (χ1v) is 8.07. The molecule has 2 amide bonds. The number of nitrogens with zero attached hydrogens (tertiary/aromatic N) is 1. The molecule has 0 aromatic heterocycles. The SMILES string of the molecule is CN1C(=O)CC(NC(=O)C2CC(F)(F)CN2)C1c1ccc(Cl)cc1.Cl. The maximum Gasteiger partial charge on any atom is 0.262 e. The Morgan fingerprint density at radius 1 is 1.36 bits per heavy atom. The number of alkyl halides is 2. The van der Waals surface area contributed by atoms with Crippen molar-refractivity contribution in [2.75, 3.05) is 13.6 Å². The topological polar surface area (TPSA) is 61.4 Å². The minimum atomic E-state index is -2.88. The molecular weight excluding hydrogens is 375 g/mol. The fourth-order valence-electron chi connectivity index (χ4n) is 3.30. The molecule has 3 rings (SSSR count). The molecule has 138 valence electrons. The van der Waals surface area contributed by atoms with Gasteiger partial charge in [0.05, 0.1) is 24.7 Å². The van der Waals surface area contributed by atoms with Crippen LogP contribution in [-0.2, 0) is 9.59 Å². The van der Waals surface area contributed by atoms with Gasteiger partial charge in [0.1, 0.15) is 0 Å². The summed E-state index contributed by atoms with van der Waals surface area (Å²) in [5.41, 5.74) is 0.836. The highest BCUT2D eigenvalue weighted by atomic mass is 35.5. The Hall–Kier alpha value is -1.44. The summed E-state index contributed by atoms with van der Waals surface area (Å²) in [6.07, 6.45) is -0.389. The van der Waals surface area contributed by atoms with Gasteiger partial charge in [0.2, 0.25) is 11.8 Å². The van der Waals surface area contributed by atoms with Crippen LogP contribution in [0.15, 0.2) is 24.3 Å². The van der Waals surface area contributed by atoms with Gasteiger partial charge >= 0.3 is 0 Å². The lowest BCUT2D eigenvalue weighted by Gasteiger charge is -2.27. The Bertz CT molecular complexity index is 657. The molecule has 1 aromatic carbocycles. The molecule has 25 heavy (non-hydrogen) atoms. The van der Waals surface area contributed by atoms with Gasteiger partial charge in [0.15, 0.2) is 0 Å². The highest BCUT2D eigenvalue weighted by Crippen LogP contribution is 2.33. The molecular formula is C16H19Cl2F2N3O2. The molecule has 9 heteroatoms. The van der Waals surface area contributed by atoms with Crippen LogP contribution in [0.1, 0.15) is 24.4 Å². The number of hydrogen-bond donors (Lipinski definition) is 2. The molecule has 0 spiro atoms. The third kappa shape index (κ3) is 4.22. The van der Waals surface area contributed by atoms with E-state index < -0.39 is 36.9 Å². The second-order valence-corrected chi connectivity index (χ2v) is 6.75. The number of amides is 2. The average Bonchev–Trinajstić information content (AvgIpc) is 3.01. The quantitative estimate of drug-likeness (QED) is 0.826. The molecule has 1 aromatic rings. The first kappa shape index (κ1) is 19.9. The van der Waals surface area contributed by atoms with Gasteiger partial charge < -0.3 is 10.2 Å². The van der Waals surface area contributed by atoms with Crippen molar-refractivity contribution in [3.63, 3.8) is 0 Å². The summed E-state index contributed by atoms with van der Waals surface area (Å²) < 4.78 is 26.5. The number of benzene rings is 1. The lowest BCUT2D eigenvalue weighted by Crippen LogP contribution is -2.46. The first-order chi connectivity index (χ1) is 11.3. The maximum absolute atomic E-state index is 13.3.